The summed E-state index contributed by atoms with van der Waals surface area (Å²) in [6, 6.07) is 19.1. The summed E-state index contributed by atoms with van der Waals surface area (Å²) in [5.41, 5.74) is 6.07. The second-order valence-electron chi connectivity index (χ2n) is 6.95. The molecule has 3 N–H and O–H groups in total. The number of phenolic OH excluding ortho intramolecular Hbond substituents is 1. The number of aromatic hydroxyl groups is 1. The van der Waals surface area contributed by atoms with Crippen LogP contribution in [-0.4, -0.2) is 23.1 Å². The van der Waals surface area contributed by atoms with Crippen molar-refractivity contribution in [2.24, 2.45) is 5.10 Å². The predicted octanol–water partition coefficient (Wildman–Crippen LogP) is 4.45. The molecule has 31 heavy (non-hydrogen) atoms. The Morgan fingerprint density at radius 1 is 1.00 bits per heavy atom. The Hall–Kier alpha value is -4.19. The van der Waals surface area contributed by atoms with E-state index in [9.17, 15) is 14.7 Å². The summed E-state index contributed by atoms with van der Waals surface area (Å²) in [6.07, 6.45) is 3.60. The van der Waals surface area contributed by atoms with Crippen LogP contribution in [0, 0.1) is 6.92 Å². The van der Waals surface area contributed by atoms with Gasteiger partial charge in [0.1, 0.15) is 5.75 Å². The third-order valence-electron chi connectivity index (χ3n) is 4.58. The monoisotopic (exact) mass is 413 g/mol. The molecule has 156 valence electrons. The number of allylic oxidation sites excluding steroid dienone is 1. The van der Waals surface area contributed by atoms with E-state index in [0.29, 0.717) is 28.8 Å². The molecule has 6 heteroatoms. The number of para-hydroxylation sites is 1. The lowest BCUT2D eigenvalue weighted by atomic mass is 10.1. The number of carbonyl (C=O) groups excluding carboxylic acids is 2. The van der Waals surface area contributed by atoms with Gasteiger partial charge in [0.05, 0.1) is 6.21 Å². The number of anilines is 1. The first-order valence-corrected chi connectivity index (χ1v) is 9.71. The minimum absolute atomic E-state index is 0.0983. The molecule has 0 fully saturated rings. The maximum atomic E-state index is 12.4. The highest BCUT2D eigenvalue weighted by Crippen LogP contribution is 2.21. The number of nitrogens with zero attached hydrogens (tertiary/aromatic N) is 1. The van der Waals surface area contributed by atoms with E-state index >= 15 is 0 Å². The first-order valence-electron chi connectivity index (χ1n) is 9.71. The zero-order chi connectivity index (χ0) is 22.2. The fourth-order valence-electron chi connectivity index (χ4n) is 2.91. The van der Waals surface area contributed by atoms with Gasteiger partial charge >= 0.3 is 0 Å². The quantitative estimate of drug-likeness (QED) is 0.304. The molecule has 0 heterocycles. The summed E-state index contributed by atoms with van der Waals surface area (Å²) in [4.78, 5) is 24.8. The summed E-state index contributed by atoms with van der Waals surface area (Å²) in [5, 5.41) is 17.0. The van der Waals surface area contributed by atoms with Crippen LogP contribution in [0.3, 0.4) is 0 Å². The number of rotatable bonds is 7. The van der Waals surface area contributed by atoms with Gasteiger partial charge in [0, 0.05) is 22.4 Å². The van der Waals surface area contributed by atoms with Gasteiger partial charge in [0.2, 0.25) is 0 Å². The van der Waals surface area contributed by atoms with E-state index in [0.717, 1.165) is 11.1 Å². The van der Waals surface area contributed by atoms with Gasteiger partial charge in [-0.1, -0.05) is 42.0 Å². The first kappa shape index (κ1) is 21.5. The predicted molar refractivity (Wildman–Crippen MR) is 123 cm³/mol. The number of aryl methyl sites for hydroxylation is 1. The second-order valence-corrected chi connectivity index (χ2v) is 6.95. The van der Waals surface area contributed by atoms with Crippen molar-refractivity contribution in [2.75, 3.05) is 5.32 Å². The maximum Gasteiger partial charge on any atom is 0.271 e. The fraction of sp³-hybridized carbons (Fsp3) is 0.0800. The minimum Gasteiger partial charge on any atom is -0.507 e. The molecule has 0 aliphatic rings. The molecule has 0 saturated heterocycles. The maximum absolute atomic E-state index is 12.4. The third kappa shape index (κ3) is 5.67. The largest absolute Gasteiger partial charge is 0.507 e. The highest BCUT2D eigenvalue weighted by Gasteiger charge is 2.09. The summed E-state index contributed by atoms with van der Waals surface area (Å²) in [7, 11) is 0. The number of benzene rings is 3. The highest BCUT2D eigenvalue weighted by molar-refractivity contribution is 6.05. The molecule has 0 bridgehead atoms. The van der Waals surface area contributed by atoms with Gasteiger partial charge in [-0.15, -0.1) is 6.58 Å². The van der Waals surface area contributed by atoms with E-state index < -0.39 is 5.91 Å². The Balaban J connectivity index is 1.65. The van der Waals surface area contributed by atoms with Crippen LogP contribution in [0.25, 0.3) is 0 Å². The van der Waals surface area contributed by atoms with E-state index in [1.54, 1.807) is 60.7 Å². The number of hydrogen-bond donors (Lipinski definition) is 3. The number of amides is 2. The van der Waals surface area contributed by atoms with Gasteiger partial charge in [0.15, 0.2) is 0 Å². The third-order valence-corrected chi connectivity index (χ3v) is 4.58. The fourth-order valence-corrected chi connectivity index (χ4v) is 2.91. The molecule has 0 unspecified atom stereocenters. The molecule has 0 aliphatic carbocycles. The Morgan fingerprint density at radius 3 is 2.48 bits per heavy atom. The molecule has 0 saturated carbocycles. The molecule has 0 aliphatic heterocycles. The Labute approximate surface area is 180 Å². The van der Waals surface area contributed by atoms with Crippen molar-refractivity contribution in [1.29, 1.82) is 0 Å². The van der Waals surface area contributed by atoms with Crippen molar-refractivity contribution in [3.63, 3.8) is 0 Å². The molecule has 3 aromatic carbocycles. The number of hydrazone groups is 1. The molecule has 0 spiro atoms. The van der Waals surface area contributed by atoms with Crippen molar-refractivity contribution >= 4 is 23.7 Å². The number of phenols is 1. The molecule has 6 nitrogen and oxygen atoms in total. The van der Waals surface area contributed by atoms with Crippen molar-refractivity contribution in [2.45, 2.75) is 13.3 Å². The molecule has 0 atom stereocenters. The number of hydrogen-bond acceptors (Lipinski definition) is 4. The van der Waals surface area contributed by atoms with Gasteiger partial charge < -0.3 is 10.4 Å². The highest BCUT2D eigenvalue weighted by atomic mass is 16.3. The Morgan fingerprint density at radius 2 is 1.74 bits per heavy atom. The van der Waals surface area contributed by atoms with E-state index in [1.807, 2.05) is 19.1 Å². The van der Waals surface area contributed by atoms with E-state index in [-0.39, 0.29) is 11.7 Å². The minimum atomic E-state index is -0.440. The Kier molecular flexibility index (Phi) is 6.96. The van der Waals surface area contributed by atoms with Gasteiger partial charge in [-0.3, -0.25) is 9.59 Å². The topological polar surface area (TPSA) is 90.8 Å². The van der Waals surface area contributed by atoms with Crippen LogP contribution in [0.5, 0.6) is 5.75 Å². The van der Waals surface area contributed by atoms with Crippen molar-refractivity contribution in [3.8, 4) is 5.75 Å². The van der Waals surface area contributed by atoms with Crippen LogP contribution < -0.4 is 10.7 Å². The van der Waals surface area contributed by atoms with Gasteiger partial charge in [-0.05, 0) is 55.3 Å². The molecular weight excluding hydrogens is 390 g/mol. The average molecular weight is 413 g/mol. The lowest BCUT2D eigenvalue weighted by Crippen LogP contribution is -2.18. The average Bonchev–Trinajstić information content (AvgIpc) is 2.77. The van der Waals surface area contributed by atoms with Crippen LogP contribution in [0.4, 0.5) is 5.69 Å². The standard InChI is InChI=1S/C25H23N3O3/c1-3-6-18-7-4-9-21(23(18)29)16-26-28-25(31)20-8-5-10-22(15-20)27-24(30)19-13-11-17(2)12-14-19/h3-5,7-16,29H,1,6H2,2H3,(H,27,30)(H,28,31). The van der Waals surface area contributed by atoms with Crippen LogP contribution >= 0.6 is 0 Å². The zero-order valence-corrected chi connectivity index (χ0v) is 17.1. The molecule has 0 radical (unpaired) electrons. The van der Waals surface area contributed by atoms with Crippen molar-refractivity contribution in [3.05, 3.63) is 107 Å². The second kappa shape index (κ2) is 10.0. The lowest BCUT2D eigenvalue weighted by molar-refractivity contribution is 0.0953. The smallest absolute Gasteiger partial charge is 0.271 e. The Bertz CT molecular complexity index is 1140. The molecule has 3 aromatic rings. The summed E-state index contributed by atoms with van der Waals surface area (Å²) >= 11 is 0. The SMILES string of the molecule is C=CCc1cccc(C=NNC(=O)c2cccc(NC(=O)c3ccc(C)cc3)c2)c1O. The van der Waals surface area contributed by atoms with Crippen LogP contribution in [0.1, 0.15) is 37.4 Å². The van der Waals surface area contributed by atoms with Gasteiger partial charge in [-0.2, -0.15) is 5.10 Å². The van der Waals surface area contributed by atoms with Gasteiger partial charge in [0.25, 0.3) is 11.8 Å². The molecule has 2 amide bonds. The molecule has 0 aromatic heterocycles. The summed E-state index contributed by atoms with van der Waals surface area (Å²) in [5.74, 6) is -0.601. The van der Waals surface area contributed by atoms with Crippen LogP contribution in [-0.2, 0) is 6.42 Å². The molecular formula is C25H23N3O3. The van der Waals surface area contributed by atoms with Crippen molar-refractivity contribution < 1.29 is 14.7 Å². The normalized spacial score (nSPS) is 10.6. The van der Waals surface area contributed by atoms with E-state index in [4.69, 9.17) is 0 Å². The van der Waals surface area contributed by atoms with Gasteiger partial charge in [-0.25, -0.2) is 5.43 Å². The van der Waals surface area contributed by atoms with Crippen molar-refractivity contribution in [1.82, 2.24) is 5.43 Å². The van der Waals surface area contributed by atoms with E-state index in [1.165, 1.54) is 6.21 Å². The zero-order valence-electron chi connectivity index (χ0n) is 17.1. The lowest BCUT2D eigenvalue weighted by Gasteiger charge is -2.07. The van der Waals surface area contributed by atoms with Crippen LogP contribution in [0.2, 0.25) is 0 Å². The summed E-state index contributed by atoms with van der Waals surface area (Å²) < 4.78 is 0. The number of nitrogens with one attached hydrogen (secondary N) is 2. The summed E-state index contributed by atoms with van der Waals surface area (Å²) in [6.45, 7) is 5.61. The first-order chi connectivity index (χ1) is 15.0. The van der Waals surface area contributed by atoms with Crippen LogP contribution in [0.15, 0.2) is 84.5 Å². The molecule has 3 rings (SSSR count). The number of carbonyl (C=O) groups is 2. The van der Waals surface area contributed by atoms with E-state index in [2.05, 4.69) is 22.4 Å².